The van der Waals surface area contributed by atoms with Gasteiger partial charge in [-0.25, -0.2) is 4.79 Å². The van der Waals surface area contributed by atoms with Crippen molar-refractivity contribution in [2.75, 3.05) is 0 Å². The van der Waals surface area contributed by atoms with E-state index in [0.29, 0.717) is 5.92 Å². The first kappa shape index (κ1) is 16.1. The number of hydrogen-bond acceptors (Lipinski definition) is 3. The van der Waals surface area contributed by atoms with Crippen molar-refractivity contribution in [1.29, 1.82) is 0 Å². The van der Waals surface area contributed by atoms with Crippen LogP contribution in [0.4, 0.5) is 4.79 Å². The normalized spacial score (nSPS) is 37.3. The molecule has 120 valence electrons. The molecule has 0 saturated heterocycles. The number of carbonyl (C=O) groups excluding carboxylic acids is 1. The van der Waals surface area contributed by atoms with E-state index in [-0.39, 0.29) is 23.3 Å². The first-order valence-electron chi connectivity index (χ1n) is 7.67. The van der Waals surface area contributed by atoms with Crippen LogP contribution in [0.3, 0.4) is 0 Å². The van der Waals surface area contributed by atoms with Crippen molar-refractivity contribution in [1.82, 2.24) is 5.32 Å². The maximum Gasteiger partial charge on any atom is 0.407 e. The van der Waals surface area contributed by atoms with Crippen molar-refractivity contribution in [3.8, 4) is 0 Å². The summed E-state index contributed by atoms with van der Waals surface area (Å²) in [5, 5.41) is 12.4. The van der Waals surface area contributed by atoms with Gasteiger partial charge < -0.3 is 15.2 Å². The minimum absolute atomic E-state index is 0.0578. The Morgan fingerprint density at radius 1 is 1.24 bits per heavy atom. The standard InChI is InChI=1S/C16H27NO4/c1-8-9-7-10(16(9,5)6)12(11(8)13(18)19)17-14(20)21-15(2,3)4/h8-12H,7H2,1-6H3,(H,17,20)(H,18,19)/t8-,9-,10+,11+,12-/m0/s1. The number of amides is 1. The van der Waals surface area contributed by atoms with Crippen LogP contribution in [0.1, 0.15) is 48.0 Å². The molecule has 3 aliphatic rings. The molecule has 2 bridgehead atoms. The van der Waals surface area contributed by atoms with Crippen LogP contribution in [0.15, 0.2) is 0 Å². The Kier molecular flexibility index (Phi) is 3.75. The van der Waals surface area contributed by atoms with E-state index in [4.69, 9.17) is 4.74 Å². The monoisotopic (exact) mass is 297 g/mol. The van der Waals surface area contributed by atoms with E-state index in [1.165, 1.54) is 0 Å². The first-order valence-corrected chi connectivity index (χ1v) is 7.67. The predicted octanol–water partition coefficient (Wildman–Crippen LogP) is 2.89. The molecular formula is C16H27NO4. The number of carboxylic acid groups (broad SMARTS) is 1. The fourth-order valence-electron chi connectivity index (χ4n) is 4.34. The Labute approximate surface area is 126 Å². The molecule has 1 amide bonds. The van der Waals surface area contributed by atoms with E-state index in [0.717, 1.165) is 6.42 Å². The second-order valence-corrected chi connectivity index (χ2v) is 8.17. The van der Waals surface area contributed by atoms with Crippen LogP contribution in [-0.2, 0) is 9.53 Å². The summed E-state index contributed by atoms with van der Waals surface area (Å²) in [4.78, 5) is 23.7. The van der Waals surface area contributed by atoms with Gasteiger partial charge in [-0.1, -0.05) is 20.8 Å². The van der Waals surface area contributed by atoms with E-state index in [2.05, 4.69) is 19.2 Å². The van der Waals surface area contributed by atoms with Crippen molar-refractivity contribution in [3.05, 3.63) is 0 Å². The van der Waals surface area contributed by atoms with Gasteiger partial charge in [-0.15, -0.1) is 0 Å². The van der Waals surface area contributed by atoms with Gasteiger partial charge in [0.25, 0.3) is 0 Å². The van der Waals surface area contributed by atoms with Crippen LogP contribution in [0.25, 0.3) is 0 Å². The smallest absolute Gasteiger partial charge is 0.407 e. The molecule has 5 heteroatoms. The molecule has 3 rings (SSSR count). The fourth-order valence-corrected chi connectivity index (χ4v) is 4.34. The SMILES string of the molecule is C[C@@H]1[C@@H](C(=O)O)[C@@H](NC(=O)OC(C)(C)C)[C@H]2C[C@@H]1C2(C)C. The van der Waals surface area contributed by atoms with Gasteiger partial charge in [-0.05, 0) is 50.4 Å². The van der Waals surface area contributed by atoms with Crippen LogP contribution >= 0.6 is 0 Å². The quantitative estimate of drug-likeness (QED) is 0.821. The summed E-state index contributed by atoms with van der Waals surface area (Å²) in [7, 11) is 0. The van der Waals surface area contributed by atoms with Crippen LogP contribution in [-0.4, -0.2) is 28.8 Å². The molecule has 0 aromatic rings. The number of rotatable bonds is 2. The highest BCUT2D eigenvalue weighted by atomic mass is 16.6. The highest BCUT2D eigenvalue weighted by molar-refractivity contribution is 5.75. The lowest BCUT2D eigenvalue weighted by molar-refractivity contribution is -0.177. The summed E-state index contributed by atoms with van der Waals surface area (Å²) >= 11 is 0. The number of aliphatic carboxylic acids is 1. The summed E-state index contributed by atoms with van der Waals surface area (Å²) in [5.41, 5.74) is -0.508. The van der Waals surface area contributed by atoms with Gasteiger partial charge in [-0.3, -0.25) is 4.79 Å². The highest BCUT2D eigenvalue weighted by Crippen LogP contribution is 2.62. The van der Waals surface area contributed by atoms with Crippen LogP contribution in [0.5, 0.6) is 0 Å². The second kappa shape index (κ2) is 4.89. The summed E-state index contributed by atoms with van der Waals surface area (Å²) in [6.45, 7) is 11.7. The van der Waals surface area contributed by atoms with Crippen molar-refractivity contribution in [2.45, 2.75) is 59.6 Å². The minimum atomic E-state index is -0.825. The highest BCUT2D eigenvalue weighted by Gasteiger charge is 2.63. The summed E-state index contributed by atoms with van der Waals surface area (Å²) in [6, 6.07) is -0.354. The van der Waals surface area contributed by atoms with E-state index >= 15 is 0 Å². The van der Waals surface area contributed by atoms with Crippen LogP contribution in [0.2, 0.25) is 0 Å². The molecule has 21 heavy (non-hydrogen) atoms. The number of fused-ring (bicyclic) bond motifs is 2. The number of carboxylic acids is 1. The molecule has 0 aromatic carbocycles. The Bertz CT molecular complexity index is 452. The number of nitrogens with one attached hydrogen (secondary N) is 1. The summed E-state index contributed by atoms with van der Waals surface area (Å²) in [5.74, 6) is -0.682. The van der Waals surface area contributed by atoms with Crippen LogP contribution < -0.4 is 5.32 Å². The molecule has 0 heterocycles. The Morgan fingerprint density at radius 3 is 2.24 bits per heavy atom. The number of carbonyl (C=O) groups is 2. The topological polar surface area (TPSA) is 75.6 Å². The Hall–Kier alpha value is -1.26. The lowest BCUT2D eigenvalue weighted by atomic mass is 9.41. The zero-order valence-electron chi connectivity index (χ0n) is 13.8. The molecule has 2 N–H and O–H groups in total. The Balaban J connectivity index is 2.17. The van der Waals surface area contributed by atoms with E-state index in [9.17, 15) is 14.7 Å². The lowest BCUT2D eigenvalue weighted by Crippen LogP contribution is -2.68. The third-order valence-corrected chi connectivity index (χ3v) is 5.41. The van der Waals surface area contributed by atoms with Crippen molar-refractivity contribution in [2.24, 2.45) is 29.1 Å². The van der Waals surface area contributed by atoms with E-state index in [1.807, 2.05) is 6.92 Å². The average Bonchev–Trinajstić information content (AvgIpc) is 2.23. The molecular weight excluding hydrogens is 270 g/mol. The molecule has 0 unspecified atom stereocenters. The van der Waals surface area contributed by atoms with E-state index < -0.39 is 23.6 Å². The third-order valence-electron chi connectivity index (χ3n) is 5.41. The second-order valence-electron chi connectivity index (χ2n) is 8.17. The number of hydrogen-bond donors (Lipinski definition) is 2. The number of alkyl carbamates (subject to hydrolysis) is 1. The van der Waals surface area contributed by atoms with Crippen molar-refractivity contribution >= 4 is 12.1 Å². The van der Waals surface area contributed by atoms with Gasteiger partial charge >= 0.3 is 12.1 Å². The summed E-state index contributed by atoms with van der Waals surface area (Å²) < 4.78 is 5.29. The lowest BCUT2D eigenvalue weighted by Gasteiger charge is -2.64. The van der Waals surface area contributed by atoms with Gasteiger partial charge in [-0.2, -0.15) is 0 Å². The maximum absolute atomic E-state index is 12.0. The first-order chi connectivity index (χ1) is 9.45. The van der Waals surface area contributed by atoms with Crippen molar-refractivity contribution in [3.63, 3.8) is 0 Å². The molecule has 3 fully saturated rings. The molecule has 5 atom stereocenters. The fraction of sp³-hybridized carbons (Fsp3) is 0.875. The largest absolute Gasteiger partial charge is 0.481 e. The molecule has 0 aliphatic heterocycles. The van der Waals surface area contributed by atoms with Gasteiger partial charge in [0.2, 0.25) is 0 Å². The Morgan fingerprint density at radius 2 is 1.81 bits per heavy atom. The average molecular weight is 297 g/mol. The minimum Gasteiger partial charge on any atom is -0.481 e. The van der Waals surface area contributed by atoms with E-state index in [1.54, 1.807) is 20.8 Å². The zero-order valence-corrected chi connectivity index (χ0v) is 13.8. The molecule has 3 aliphatic carbocycles. The molecule has 3 saturated carbocycles. The number of ether oxygens (including phenoxy) is 1. The third kappa shape index (κ3) is 2.74. The van der Waals surface area contributed by atoms with Gasteiger partial charge in [0.1, 0.15) is 5.60 Å². The molecule has 0 spiro atoms. The van der Waals surface area contributed by atoms with Gasteiger partial charge in [0, 0.05) is 6.04 Å². The molecule has 5 nitrogen and oxygen atoms in total. The molecule has 0 radical (unpaired) electrons. The zero-order chi connectivity index (χ0) is 16.2. The summed E-state index contributed by atoms with van der Waals surface area (Å²) in [6.07, 6.45) is 0.463. The van der Waals surface area contributed by atoms with Crippen molar-refractivity contribution < 1.29 is 19.4 Å². The van der Waals surface area contributed by atoms with Gasteiger partial charge in [0.05, 0.1) is 5.92 Å². The van der Waals surface area contributed by atoms with Crippen LogP contribution in [0, 0.1) is 29.1 Å². The predicted molar refractivity (Wildman–Crippen MR) is 78.8 cm³/mol. The van der Waals surface area contributed by atoms with Gasteiger partial charge in [0.15, 0.2) is 0 Å². The maximum atomic E-state index is 12.0. The molecule has 0 aromatic heterocycles.